The van der Waals surface area contributed by atoms with Crippen LogP contribution in [0.25, 0.3) is 0 Å². The Hall–Kier alpha value is -1.36. The zero-order chi connectivity index (χ0) is 19.6. The summed E-state index contributed by atoms with van der Waals surface area (Å²) in [5, 5.41) is 0. The van der Waals surface area contributed by atoms with Crippen LogP contribution < -0.4 is 0 Å². The van der Waals surface area contributed by atoms with Crippen molar-refractivity contribution in [1.29, 1.82) is 0 Å². The van der Waals surface area contributed by atoms with Crippen LogP contribution in [0.2, 0.25) is 0 Å². The van der Waals surface area contributed by atoms with Crippen LogP contribution in [0.4, 0.5) is 0 Å². The van der Waals surface area contributed by atoms with Crippen LogP contribution in [0.5, 0.6) is 0 Å². The maximum absolute atomic E-state index is 11.3. The number of carbonyl (C=O) groups is 2. The van der Waals surface area contributed by atoms with Gasteiger partial charge in [0, 0.05) is 18.8 Å². The molecule has 1 aliphatic rings. The van der Waals surface area contributed by atoms with Gasteiger partial charge in [0.15, 0.2) is 0 Å². The van der Waals surface area contributed by atoms with Crippen molar-refractivity contribution >= 4 is 11.8 Å². The normalized spacial score (nSPS) is 13.9. The van der Waals surface area contributed by atoms with Crippen LogP contribution >= 0.6 is 0 Å². The van der Waals surface area contributed by atoms with Gasteiger partial charge in [-0.3, -0.25) is 14.5 Å². The lowest BCUT2D eigenvalue weighted by atomic mass is 10.5. The largest absolute Gasteiger partial charge is 0.379 e. The third-order valence-corrected chi connectivity index (χ3v) is 3.42. The highest BCUT2D eigenvalue weighted by Gasteiger charge is 2.22. The maximum Gasteiger partial charge on any atom is 0.253 e. The van der Waals surface area contributed by atoms with Gasteiger partial charge in [-0.15, -0.1) is 0 Å². The molecule has 27 heavy (non-hydrogen) atoms. The van der Waals surface area contributed by atoms with E-state index in [0.29, 0.717) is 79.3 Å². The standard InChI is InChI=1S/C18H31NO8/c1-2-22-7-8-24-11-12-26-15-16-27-14-13-25-10-9-23-6-5-19-17(20)3-4-18(19)21/h3-4H,2,5-16H2,1H3. The molecule has 0 bridgehead atoms. The third-order valence-electron chi connectivity index (χ3n) is 3.42. The molecule has 0 unspecified atom stereocenters. The third kappa shape index (κ3) is 12.6. The maximum atomic E-state index is 11.3. The van der Waals surface area contributed by atoms with E-state index in [1.54, 1.807) is 0 Å². The average Bonchev–Trinajstić information content (AvgIpc) is 2.99. The number of hydrogen-bond acceptors (Lipinski definition) is 8. The van der Waals surface area contributed by atoms with Crippen LogP contribution in [-0.4, -0.2) is 103 Å². The van der Waals surface area contributed by atoms with E-state index < -0.39 is 0 Å². The summed E-state index contributed by atoms with van der Waals surface area (Å²) in [5.41, 5.74) is 0. The molecule has 1 heterocycles. The summed E-state index contributed by atoms with van der Waals surface area (Å²) in [6.07, 6.45) is 2.52. The molecule has 0 aromatic heterocycles. The number of rotatable bonds is 19. The summed E-state index contributed by atoms with van der Waals surface area (Å²) in [6.45, 7) is 8.28. The molecular weight excluding hydrogens is 358 g/mol. The molecule has 0 atom stereocenters. The fraction of sp³-hybridized carbons (Fsp3) is 0.778. The Bertz CT molecular complexity index is 412. The summed E-state index contributed by atoms with van der Waals surface area (Å²) >= 11 is 0. The van der Waals surface area contributed by atoms with Crippen molar-refractivity contribution in [3.63, 3.8) is 0 Å². The zero-order valence-corrected chi connectivity index (χ0v) is 16.1. The van der Waals surface area contributed by atoms with Crippen LogP contribution in [0.1, 0.15) is 6.92 Å². The predicted molar refractivity (Wildman–Crippen MR) is 96.4 cm³/mol. The van der Waals surface area contributed by atoms with Gasteiger partial charge in [-0.05, 0) is 6.92 Å². The second-order valence-corrected chi connectivity index (χ2v) is 5.42. The van der Waals surface area contributed by atoms with Crippen LogP contribution in [-0.2, 0) is 38.0 Å². The van der Waals surface area contributed by atoms with E-state index in [1.165, 1.54) is 12.2 Å². The molecular formula is C18H31NO8. The van der Waals surface area contributed by atoms with E-state index >= 15 is 0 Å². The lowest BCUT2D eigenvalue weighted by molar-refractivity contribution is -0.137. The van der Waals surface area contributed by atoms with E-state index in [1.807, 2.05) is 6.92 Å². The fourth-order valence-electron chi connectivity index (χ4n) is 2.05. The SMILES string of the molecule is CCOCCOCCOCCOCCOCCOCCN1C(=O)C=CC1=O. The Morgan fingerprint density at radius 1 is 0.593 bits per heavy atom. The molecule has 0 aromatic rings. The van der Waals surface area contributed by atoms with Crippen molar-refractivity contribution in [1.82, 2.24) is 4.90 Å². The van der Waals surface area contributed by atoms with Gasteiger partial charge in [0.05, 0.1) is 79.2 Å². The number of amides is 2. The summed E-state index contributed by atoms with van der Waals surface area (Å²) in [7, 11) is 0. The van der Waals surface area contributed by atoms with Gasteiger partial charge >= 0.3 is 0 Å². The van der Waals surface area contributed by atoms with E-state index in [2.05, 4.69) is 0 Å². The fourth-order valence-corrected chi connectivity index (χ4v) is 2.05. The lowest BCUT2D eigenvalue weighted by Crippen LogP contribution is -2.33. The molecule has 0 aromatic carbocycles. The summed E-state index contributed by atoms with van der Waals surface area (Å²) in [5.74, 6) is -0.592. The molecule has 0 saturated carbocycles. The smallest absolute Gasteiger partial charge is 0.253 e. The zero-order valence-electron chi connectivity index (χ0n) is 16.1. The molecule has 1 rings (SSSR count). The minimum Gasteiger partial charge on any atom is -0.379 e. The Morgan fingerprint density at radius 2 is 0.926 bits per heavy atom. The minimum absolute atomic E-state index is 0.255. The van der Waals surface area contributed by atoms with Gasteiger partial charge in [-0.25, -0.2) is 0 Å². The number of hydrogen-bond donors (Lipinski definition) is 0. The quantitative estimate of drug-likeness (QED) is 0.226. The number of nitrogens with zero attached hydrogens (tertiary/aromatic N) is 1. The average molecular weight is 389 g/mol. The van der Waals surface area contributed by atoms with Gasteiger partial charge < -0.3 is 28.4 Å². The van der Waals surface area contributed by atoms with E-state index in [-0.39, 0.29) is 18.4 Å². The van der Waals surface area contributed by atoms with E-state index in [9.17, 15) is 9.59 Å². The second-order valence-electron chi connectivity index (χ2n) is 5.42. The number of ether oxygens (including phenoxy) is 6. The van der Waals surface area contributed by atoms with Gasteiger partial charge in [0.2, 0.25) is 0 Å². The van der Waals surface area contributed by atoms with Crippen molar-refractivity contribution in [2.24, 2.45) is 0 Å². The predicted octanol–water partition coefficient (Wildman–Crippen LogP) is 0.0309. The van der Waals surface area contributed by atoms with Crippen molar-refractivity contribution in [3.8, 4) is 0 Å². The van der Waals surface area contributed by atoms with E-state index in [0.717, 1.165) is 4.90 Å². The molecule has 0 saturated heterocycles. The molecule has 0 aliphatic carbocycles. The summed E-state index contributed by atoms with van der Waals surface area (Å²) < 4.78 is 31.9. The monoisotopic (exact) mass is 389 g/mol. The van der Waals surface area contributed by atoms with Gasteiger partial charge in [-0.1, -0.05) is 0 Å². The highest BCUT2D eigenvalue weighted by Crippen LogP contribution is 2.02. The van der Waals surface area contributed by atoms with Gasteiger partial charge in [-0.2, -0.15) is 0 Å². The first-order valence-corrected chi connectivity index (χ1v) is 9.25. The van der Waals surface area contributed by atoms with Gasteiger partial charge in [0.1, 0.15) is 0 Å². The molecule has 9 heteroatoms. The van der Waals surface area contributed by atoms with E-state index in [4.69, 9.17) is 28.4 Å². The molecule has 0 N–H and O–H groups in total. The molecule has 2 amide bonds. The first-order valence-electron chi connectivity index (χ1n) is 9.25. The van der Waals surface area contributed by atoms with Crippen molar-refractivity contribution in [2.75, 3.05) is 85.8 Å². The summed E-state index contributed by atoms with van der Waals surface area (Å²) in [4.78, 5) is 23.7. The van der Waals surface area contributed by atoms with Crippen molar-refractivity contribution in [3.05, 3.63) is 12.2 Å². The Morgan fingerprint density at radius 3 is 1.30 bits per heavy atom. The molecule has 9 nitrogen and oxygen atoms in total. The first kappa shape index (κ1) is 23.7. The Labute approximate surface area is 160 Å². The molecule has 156 valence electrons. The van der Waals surface area contributed by atoms with Crippen molar-refractivity contribution in [2.45, 2.75) is 6.92 Å². The highest BCUT2D eigenvalue weighted by atomic mass is 16.6. The topological polar surface area (TPSA) is 92.8 Å². The summed E-state index contributed by atoms with van der Waals surface area (Å²) in [6, 6.07) is 0. The van der Waals surface area contributed by atoms with Crippen molar-refractivity contribution < 1.29 is 38.0 Å². The first-order chi connectivity index (χ1) is 13.3. The van der Waals surface area contributed by atoms with Crippen LogP contribution in [0.3, 0.4) is 0 Å². The number of carbonyl (C=O) groups excluding carboxylic acids is 2. The van der Waals surface area contributed by atoms with Gasteiger partial charge in [0.25, 0.3) is 11.8 Å². The molecule has 0 radical (unpaired) electrons. The van der Waals surface area contributed by atoms with Crippen LogP contribution in [0.15, 0.2) is 12.2 Å². The minimum atomic E-state index is -0.296. The molecule has 1 aliphatic heterocycles. The highest BCUT2D eigenvalue weighted by molar-refractivity contribution is 6.12. The van der Waals surface area contributed by atoms with Crippen LogP contribution in [0, 0.1) is 0 Å². The molecule has 0 fully saturated rings. The Kier molecular flexibility index (Phi) is 14.7. The lowest BCUT2D eigenvalue weighted by Gasteiger charge is -2.13. The Balaban J connectivity index is 1.71. The number of imide groups is 1. The molecule has 0 spiro atoms. The second kappa shape index (κ2) is 16.8.